The molecule has 0 aliphatic heterocycles. The van der Waals surface area contributed by atoms with E-state index in [1.807, 2.05) is 44.2 Å². The zero-order valence-electron chi connectivity index (χ0n) is 15.4. The van der Waals surface area contributed by atoms with Gasteiger partial charge >= 0.3 is 5.97 Å². The molecule has 2 rings (SSSR count). The number of hydrogen-bond donors (Lipinski definition) is 1. The van der Waals surface area contributed by atoms with Crippen LogP contribution in [-0.2, 0) is 14.3 Å². The molecule has 0 bridgehead atoms. The first-order valence-corrected chi connectivity index (χ1v) is 8.70. The minimum absolute atomic E-state index is 0.120. The fraction of sp³-hybridized carbons (Fsp3) is 0.333. The molecular formula is C21H25NO4. The van der Waals surface area contributed by atoms with Gasteiger partial charge in [0.05, 0.1) is 13.0 Å². The molecule has 2 aromatic rings. The number of methoxy groups -OCH3 is 1. The first-order chi connectivity index (χ1) is 12.5. The number of rotatable bonds is 8. The standard InChI is InChI=1S/C21H25NO4/c1-4-15(2)20(16-8-6-5-7-9-16)21(24)26-14-19(23)22-17-10-12-18(25-3)13-11-17/h5-13,15,20H,4,14H2,1-3H3,(H,22,23)/t15-,20-/m1/s1. The van der Waals surface area contributed by atoms with Crippen molar-refractivity contribution in [1.29, 1.82) is 0 Å². The normalized spacial score (nSPS) is 12.7. The number of ether oxygens (including phenoxy) is 2. The number of anilines is 1. The van der Waals surface area contributed by atoms with Crippen molar-refractivity contribution in [2.75, 3.05) is 19.0 Å². The third kappa shape index (κ3) is 5.34. The summed E-state index contributed by atoms with van der Waals surface area (Å²) < 4.78 is 10.4. The minimum atomic E-state index is -0.380. The summed E-state index contributed by atoms with van der Waals surface area (Å²) >= 11 is 0. The second-order valence-electron chi connectivity index (χ2n) is 6.16. The fourth-order valence-corrected chi connectivity index (χ4v) is 2.69. The predicted octanol–water partition coefficient (Wildman–Crippen LogP) is 4.01. The van der Waals surface area contributed by atoms with Crippen LogP contribution in [0.3, 0.4) is 0 Å². The van der Waals surface area contributed by atoms with Crippen molar-refractivity contribution in [1.82, 2.24) is 0 Å². The first kappa shape index (κ1) is 19.5. The van der Waals surface area contributed by atoms with E-state index in [2.05, 4.69) is 5.32 Å². The molecule has 0 aliphatic rings. The molecular weight excluding hydrogens is 330 g/mol. The van der Waals surface area contributed by atoms with Crippen LogP contribution in [-0.4, -0.2) is 25.6 Å². The van der Waals surface area contributed by atoms with Crippen LogP contribution in [0.15, 0.2) is 54.6 Å². The van der Waals surface area contributed by atoms with Crippen molar-refractivity contribution in [3.05, 3.63) is 60.2 Å². The topological polar surface area (TPSA) is 64.6 Å². The highest BCUT2D eigenvalue weighted by Gasteiger charge is 2.27. The van der Waals surface area contributed by atoms with Gasteiger partial charge in [-0.15, -0.1) is 0 Å². The summed E-state index contributed by atoms with van der Waals surface area (Å²) in [5.74, 6) is -0.312. The molecule has 26 heavy (non-hydrogen) atoms. The Morgan fingerprint density at radius 3 is 2.27 bits per heavy atom. The summed E-state index contributed by atoms with van der Waals surface area (Å²) in [7, 11) is 1.58. The number of nitrogens with one attached hydrogen (secondary N) is 1. The lowest BCUT2D eigenvalue weighted by molar-refractivity contribution is -0.150. The molecule has 0 aliphatic carbocycles. The number of hydrogen-bond acceptors (Lipinski definition) is 4. The summed E-state index contributed by atoms with van der Waals surface area (Å²) in [4.78, 5) is 24.6. The molecule has 2 atom stereocenters. The maximum Gasteiger partial charge on any atom is 0.314 e. The highest BCUT2D eigenvalue weighted by Crippen LogP contribution is 2.28. The molecule has 5 nitrogen and oxygen atoms in total. The Kier molecular flexibility index (Phi) is 7.21. The Morgan fingerprint density at radius 2 is 1.69 bits per heavy atom. The number of carbonyl (C=O) groups excluding carboxylic acids is 2. The molecule has 0 unspecified atom stereocenters. The zero-order valence-corrected chi connectivity index (χ0v) is 15.4. The first-order valence-electron chi connectivity index (χ1n) is 8.70. The molecule has 2 aromatic carbocycles. The molecule has 1 amide bonds. The van der Waals surface area contributed by atoms with Crippen molar-refractivity contribution in [2.24, 2.45) is 5.92 Å². The van der Waals surface area contributed by atoms with Crippen LogP contribution in [0.2, 0.25) is 0 Å². The van der Waals surface area contributed by atoms with Crippen molar-refractivity contribution in [3.63, 3.8) is 0 Å². The van der Waals surface area contributed by atoms with Crippen molar-refractivity contribution in [2.45, 2.75) is 26.2 Å². The molecule has 0 radical (unpaired) electrons. The summed E-state index contributed by atoms with van der Waals surface area (Å²) in [6.45, 7) is 3.73. The number of esters is 1. The van der Waals surface area contributed by atoms with E-state index in [0.29, 0.717) is 11.4 Å². The third-order valence-electron chi connectivity index (χ3n) is 4.34. The fourth-order valence-electron chi connectivity index (χ4n) is 2.69. The van der Waals surface area contributed by atoms with E-state index in [1.165, 1.54) is 0 Å². The van der Waals surface area contributed by atoms with Gasteiger partial charge in [0.15, 0.2) is 6.61 Å². The SMILES string of the molecule is CC[C@@H](C)[C@@H](C(=O)OCC(=O)Nc1ccc(OC)cc1)c1ccccc1. The second-order valence-corrected chi connectivity index (χ2v) is 6.16. The van der Waals surface area contributed by atoms with E-state index in [-0.39, 0.29) is 30.3 Å². The summed E-state index contributed by atoms with van der Waals surface area (Å²) in [5.41, 5.74) is 1.52. The third-order valence-corrected chi connectivity index (χ3v) is 4.34. The van der Waals surface area contributed by atoms with Gasteiger partial charge in [0.25, 0.3) is 5.91 Å². The lowest BCUT2D eigenvalue weighted by atomic mass is 9.86. The maximum atomic E-state index is 12.6. The highest BCUT2D eigenvalue weighted by atomic mass is 16.5. The van der Waals surface area contributed by atoms with Gasteiger partial charge < -0.3 is 14.8 Å². The van der Waals surface area contributed by atoms with E-state index >= 15 is 0 Å². The Hall–Kier alpha value is -2.82. The molecule has 0 spiro atoms. The Morgan fingerprint density at radius 1 is 1.04 bits per heavy atom. The van der Waals surface area contributed by atoms with Gasteiger partial charge in [0, 0.05) is 5.69 Å². The molecule has 0 saturated carbocycles. The van der Waals surface area contributed by atoms with Gasteiger partial charge in [-0.1, -0.05) is 50.6 Å². The second kappa shape index (κ2) is 9.61. The maximum absolute atomic E-state index is 12.6. The van der Waals surface area contributed by atoms with Crippen LogP contribution < -0.4 is 10.1 Å². The van der Waals surface area contributed by atoms with E-state index in [4.69, 9.17) is 9.47 Å². The van der Waals surface area contributed by atoms with Crippen LogP contribution in [0, 0.1) is 5.92 Å². The van der Waals surface area contributed by atoms with Gasteiger partial charge in [-0.3, -0.25) is 9.59 Å². The number of benzene rings is 2. The van der Waals surface area contributed by atoms with Gasteiger partial charge in [-0.25, -0.2) is 0 Å². The van der Waals surface area contributed by atoms with E-state index in [9.17, 15) is 9.59 Å². The average molecular weight is 355 g/mol. The van der Waals surface area contributed by atoms with E-state index in [1.54, 1.807) is 31.4 Å². The van der Waals surface area contributed by atoms with Crippen molar-refractivity contribution in [3.8, 4) is 5.75 Å². The van der Waals surface area contributed by atoms with Crippen molar-refractivity contribution < 1.29 is 19.1 Å². The summed E-state index contributed by atoms with van der Waals surface area (Å²) in [6.07, 6.45) is 0.840. The van der Waals surface area contributed by atoms with E-state index in [0.717, 1.165) is 12.0 Å². The van der Waals surface area contributed by atoms with Crippen LogP contribution in [0.5, 0.6) is 5.75 Å². The van der Waals surface area contributed by atoms with Crippen molar-refractivity contribution >= 4 is 17.6 Å². The molecule has 0 fully saturated rings. The van der Waals surface area contributed by atoms with Crippen LogP contribution in [0.25, 0.3) is 0 Å². The van der Waals surface area contributed by atoms with Crippen LogP contribution in [0.4, 0.5) is 5.69 Å². The lowest BCUT2D eigenvalue weighted by Crippen LogP contribution is -2.26. The smallest absolute Gasteiger partial charge is 0.314 e. The van der Waals surface area contributed by atoms with Gasteiger partial charge in [0.2, 0.25) is 0 Å². The molecule has 1 N–H and O–H groups in total. The predicted molar refractivity (Wildman–Crippen MR) is 101 cm³/mol. The monoisotopic (exact) mass is 355 g/mol. The number of carbonyl (C=O) groups is 2. The molecule has 5 heteroatoms. The number of amides is 1. The van der Waals surface area contributed by atoms with Gasteiger partial charge in [0.1, 0.15) is 5.75 Å². The molecule has 0 saturated heterocycles. The highest BCUT2D eigenvalue weighted by molar-refractivity contribution is 5.93. The summed E-state index contributed by atoms with van der Waals surface area (Å²) in [6, 6.07) is 16.5. The average Bonchev–Trinajstić information content (AvgIpc) is 2.68. The molecule has 138 valence electrons. The molecule has 0 heterocycles. The summed E-state index contributed by atoms with van der Waals surface area (Å²) in [5, 5.41) is 2.70. The largest absolute Gasteiger partial charge is 0.497 e. The quantitative estimate of drug-likeness (QED) is 0.727. The Balaban J connectivity index is 1.95. The van der Waals surface area contributed by atoms with Gasteiger partial charge in [-0.2, -0.15) is 0 Å². The lowest BCUT2D eigenvalue weighted by Gasteiger charge is -2.21. The van der Waals surface area contributed by atoms with Crippen LogP contribution in [0.1, 0.15) is 31.7 Å². The minimum Gasteiger partial charge on any atom is -0.497 e. The van der Waals surface area contributed by atoms with E-state index < -0.39 is 0 Å². The Bertz CT molecular complexity index is 713. The molecule has 0 aromatic heterocycles. The van der Waals surface area contributed by atoms with Crippen LogP contribution >= 0.6 is 0 Å². The Labute approximate surface area is 154 Å². The van der Waals surface area contributed by atoms with Gasteiger partial charge in [-0.05, 0) is 35.7 Å². The zero-order chi connectivity index (χ0) is 18.9.